The Hall–Kier alpha value is -0.770. The van der Waals surface area contributed by atoms with Gasteiger partial charge in [-0.15, -0.1) is 0 Å². The van der Waals surface area contributed by atoms with Gasteiger partial charge in [-0.2, -0.15) is 0 Å². The molecule has 1 aliphatic rings. The standard InChI is InChI=1S/C10H14BrN3/c11-8-7-13-10(6-9(8)12)14-4-2-1-3-5-14/h6-7H,1-5H2,(H2,12,13). The number of halogens is 1. The van der Waals surface area contributed by atoms with Crippen LogP contribution in [0, 0.1) is 0 Å². The summed E-state index contributed by atoms with van der Waals surface area (Å²) >= 11 is 3.35. The molecule has 2 heterocycles. The Balaban J connectivity index is 2.18. The molecule has 3 nitrogen and oxygen atoms in total. The number of pyridine rings is 1. The second-order valence-corrected chi connectivity index (χ2v) is 4.47. The molecule has 0 amide bonds. The number of nitrogens with two attached hydrogens (primary N) is 1. The number of nitrogens with zero attached hydrogens (tertiary/aromatic N) is 2. The van der Waals surface area contributed by atoms with E-state index in [-0.39, 0.29) is 0 Å². The van der Waals surface area contributed by atoms with Crippen molar-refractivity contribution in [2.24, 2.45) is 0 Å². The highest BCUT2D eigenvalue weighted by Crippen LogP contribution is 2.24. The summed E-state index contributed by atoms with van der Waals surface area (Å²) in [5.41, 5.74) is 6.58. The molecule has 1 aromatic heterocycles. The molecule has 14 heavy (non-hydrogen) atoms. The van der Waals surface area contributed by atoms with E-state index in [1.54, 1.807) is 6.20 Å². The normalized spacial score (nSPS) is 17.1. The van der Waals surface area contributed by atoms with Crippen molar-refractivity contribution in [3.05, 3.63) is 16.7 Å². The van der Waals surface area contributed by atoms with E-state index in [4.69, 9.17) is 5.73 Å². The fourth-order valence-corrected chi connectivity index (χ4v) is 1.96. The monoisotopic (exact) mass is 255 g/mol. The van der Waals surface area contributed by atoms with Crippen LogP contribution in [0.1, 0.15) is 19.3 Å². The van der Waals surface area contributed by atoms with Gasteiger partial charge in [0.05, 0.1) is 10.2 Å². The van der Waals surface area contributed by atoms with E-state index in [0.717, 1.165) is 29.1 Å². The Morgan fingerprint density at radius 1 is 1.29 bits per heavy atom. The zero-order valence-corrected chi connectivity index (χ0v) is 9.63. The number of piperidine rings is 1. The maximum atomic E-state index is 5.81. The van der Waals surface area contributed by atoms with Crippen LogP contribution in [0.4, 0.5) is 11.5 Å². The van der Waals surface area contributed by atoms with Crippen LogP contribution in [-0.4, -0.2) is 18.1 Å². The lowest BCUT2D eigenvalue weighted by Gasteiger charge is -2.27. The smallest absolute Gasteiger partial charge is 0.130 e. The molecule has 0 atom stereocenters. The number of hydrogen-bond donors (Lipinski definition) is 1. The molecule has 0 saturated carbocycles. The average Bonchev–Trinajstić information content (AvgIpc) is 2.23. The van der Waals surface area contributed by atoms with Crippen molar-refractivity contribution >= 4 is 27.4 Å². The Morgan fingerprint density at radius 2 is 2.00 bits per heavy atom. The van der Waals surface area contributed by atoms with Crippen molar-refractivity contribution in [3.63, 3.8) is 0 Å². The van der Waals surface area contributed by atoms with Gasteiger partial charge in [0.15, 0.2) is 0 Å². The summed E-state index contributed by atoms with van der Waals surface area (Å²) in [6, 6.07) is 1.94. The summed E-state index contributed by atoms with van der Waals surface area (Å²) in [7, 11) is 0. The number of anilines is 2. The van der Waals surface area contributed by atoms with Gasteiger partial charge in [-0.05, 0) is 35.2 Å². The third-order valence-electron chi connectivity index (χ3n) is 2.55. The van der Waals surface area contributed by atoms with Crippen LogP contribution >= 0.6 is 15.9 Å². The maximum Gasteiger partial charge on any atom is 0.130 e. The van der Waals surface area contributed by atoms with Gasteiger partial charge in [0.25, 0.3) is 0 Å². The summed E-state index contributed by atoms with van der Waals surface area (Å²) in [5, 5.41) is 0. The molecule has 0 aliphatic carbocycles. The van der Waals surface area contributed by atoms with Gasteiger partial charge in [-0.25, -0.2) is 4.98 Å². The lowest BCUT2D eigenvalue weighted by Crippen LogP contribution is -2.30. The maximum absolute atomic E-state index is 5.81. The quantitative estimate of drug-likeness (QED) is 0.839. The first-order chi connectivity index (χ1) is 6.77. The molecule has 0 radical (unpaired) electrons. The first-order valence-electron chi connectivity index (χ1n) is 4.93. The first-order valence-corrected chi connectivity index (χ1v) is 5.72. The predicted octanol–water partition coefficient (Wildman–Crippen LogP) is 2.42. The third-order valence-corrected chi connectivity index (χ3v) is 3.21. The summed E-state index contributed by atoms with van der Waals surface area (Å²) < 4.78 is 0.873. The Labute approximate surface area is 92.4 Å². The third kappa shape index (κ3) is 2.00. The molecular formula is C10H14BrN3. The van der Waals surface area contributed by atoms with Crippen LogP contribution in [0.5, 0.6) is 0 Å². The lowest BCUT2D eigenvalue weighted by molar-refractivity contribution is 0.573. The highest BCUT2D eigenvalue weighted by molar-refractivity contribution is 9.10. The van der Waals surface area contributed by atoms with Crippen molar-refractivity contribution < 1.29 is 0 Å². The molecule has 2 rings (SSSR count). The van der Waals surface area contributed by atoms with E-state index in [9.17, 15) is 0 Å². The van der Waals surface area contributed by atoms with E-state index in [1.165, 1.54) is 19.3 Å². The number of nitrogen functional groups attached to an aromatic ring is 1. The number of aromatic nitrogens is 1. The molecule has 2 N–H and O–H groups in total. The van der Waals surface area contributed by atoms with Crippen LogP contribution < -0.4 is 10.6 Å². The van der Waals surface area contributed by atoms with E-state index in [2.05, 4.69) is 25.8 Å². The number of hydrogen-bond acceptors (Lipinski definition) is 3. The fourth-order valence-electron chi connectivity index (χ4n) is 1.74. The molecular weight excluding hydrogens is 242 g/mol. The van der Waals surface area contributed by atoms with Gasteiger partial charge in [-0.1, -0.05) is 0 Å². The van der Waals surface area contributed by atoms with E-state index in [1.807, 2.05) is 6.07 Å². The SMILES string of the molecule is Nc1cc(N2CCCCC2)ncc1Br. The van der Waals surface area contributed by atoms with Crippen molar-refractivity contribution in [2.75, 3.05) is 23.7 Å². The Bertz CT molecular complexity index is 321. The molecule has 0 aromatic carbocycles. The van der Waals surface area contributed by atoms with Gasteiger partial charge in [-0.3, -0.25) is 0 Å². The molecule has 76 valence electrons. The highest BCUT2D eigenvalue weighted by Gasteiger charge is 2.12. The molecule has 1 aliphatic heterocycles. The molecule has 0 bridgehead atoms. The van der Waals surface area contributed by atoms with Gasteiger partial charge in [0.1, 0.15) is 5.82 Å². The van der Waals surface area contributed by atoms with Gasteiger partial charge in [0.2, 0.25) is 0 Å². The van der Waals surface area contributed by atoms with E-state index < -0.39 is 0 Å². The second-order valence-electron chi connectivity index (χ2n) is 3.61. The average molecular weight is 256 g/mol. The van der Waals surface area contributed by atoms with Crippen LogP contribution in [0.2, 0.25) is 0 Å². The van der Waals surface area contributed by atoms with Crippen molar-refractivity contribution in [3.8, 4) is 0 Å². The summed E-state index contributed by atoms with van der Waals surface area (Å²) in [6.45, 7) is 2.21. The number of rotatable bonds is 1. The summed E-state index contributed by atoms with van der Waals surface area (Å²) in [4.78, 5) is 6.66. The zero-order valence-electron chi connectivity index (χ0n) is 8.04. The van der Waals surface area contributed by atoms with Crippen molar-refractivity contribution in [2.45, 2.75) is 19.3 Å². The van der Waals surface area contributed by atoms with E-state index >= 15 is 0 Å². The summed E-state index contributed by atoms with van der Waals surface area (Å²) in [5.74, 6) is 1.01. The van der Waals surface area contributed by atoms with Crippen LogP contribution in [0.3, 0.4) is 0 Å². The minimum absolute atomic E-state index is 0.764. The molecule has 0 spiro atoms. The second kappa shape index (κ2) is 4.17. The summed E-state index contributed by atoms with van der Waals surface area (Å²) in [6.07, 6.45) is 5.64. The van der Waals surface area contributed by atoms with E-state index in [0.29, 0.717) is 0 Å². The molecule has 4 heteroatoms. The van der Waals surface area contributed by atoms with Crippen molar-refractivity contribution in [1.29, 1.82) is 0 Å². The van der Waals surface area contributed by atoms with Crippen molar-refractivity contribution in [1.82, 2.24) is 4.98 Å². The Morgan fingerprint density at radius 3 is 2.64 bits per heavy atom. The predicted molar refractivity (Wildman–Crippen MR) is 62.4 cm³/mol. The lowest BCUT2D eigenvalue weighted by atomic mass is 10.1. The van der Waals surface area contributed by atoms with Crippen LogP contribution in [0.25, 0.3) is 0 Å². The molecule has 1 aromatic rings. The first kappa shape index (κ1) is 9.77. The minimum Gasteiger partial charge on any atom is -0.398 e. The highest BCUT2D eigenvalue weighted by atomic mass is 79.9. The van der Waals surface area contributed by atoms with Gasteiger partial charge in [0, 0.05) is 25.4 Å². The van der Waals surface area contributed by atoms with Gasteiger partial charge < -0.3 is 10.6 Å². The molecule has 1 saturated heterocycles. The minimum atomic E-state index is 0.764. The van der Waals surface area contributed by atoms with Crippen LogP contribution in [-0.2, 0) is 0 Å². The Kier molecular flexibility index (Phi) is 2.91. The topological polar surface area (TPSA) is 42.1 Å². The van der Waals surface area contributed by atoms with Gasteiger partial charge >= 0.3 is 0 Å². The molecule has 0 unspecified atom stereocenters. The largest absolute Gasteiger partial charge is 0.398 e. The zero-order chi connectivity index (χ0) is 9.97. The fraction of sp³-hybridized carbons (Fsp3) is 0.500. The molecule has 1 fully saturated rings. The van der Waals surface area contributed by atoms with Crippen LogP contribution in [0.15, 0.2) is 16.7 Å².